The molecule has 1 N–H and O–H groups in total. The van der Waals surface area contributed by atoms with Crippen LogP contribution in [0.1, 0.15) is 18.5 Å². The second kappa shape index (κ2) is 5.76. The van der Waals surface area contributed by atoms with Crippen molar-refractivity contribution < 1.29 is 19.6 Å². The number of rotatable bonds is 5. The Kier molecular flexibility index (Phi) is 4.36. The number of nitro benzene ring substituents is 1. The van der Waals surface area contributed by atoms with E-state index in [1.54, 1.807) is 6.92 Å². The molecule has 1 rings (SSSR count). The topological polar surface area (TPSA) is 101 Å². The van der Waals surface area contributed by atoms with E-state index >= 15 is 0 Å². The lowest BCUT2D eigenvalue weighted by molar-refractivity contribution is -0.384. The third-order valence-electron chi connectivity index (χ3n) is 2.57. The molecule has 1 aromatic carbocycles. The summed E-state index contributed by atoms with van der Waals surface area (Å²) >= 11 is 0. The zero-order valence-electron chi connectivity index (χ0n) is 9.65. The van der Waals surface area contributed by atoms with Crippen molar-refractivity contribution in [2.45, 2.75) is 13.0 Å². The first-order valence-electron chi connectivity index (χ1n) is 5.15. The number of aldehydes is 1. The molecule has 18 heavy (non-hydrogen) atoms. The summed E-state index contributed by atoms with van der Waals surface area (Å²) in [6.45, 7) is 1.37. The first-order chi connectivity index (χ1) is 8.47. The number of nitro groups is 1. The number of non-ortho nitro benzene ring substituents is 1. The number of carbonyl (C=O) groups is 2. The van der Waals surface area contributed by atoms with Crippen LogP contribution in [0, 0.1) is 10.1 Å². The SMILES string of the molecule is CC(c1ccc([N+](=O)[O-])cc1)N(CC=O)C(=O)O. The van der Waals surface area contributed by atoms with Gasteiger partial charge >= 0.3 is 6.09 Å². The van der Waals surface area contributed by atoms with Crippen LogP contribution in [0.4, 0.5) is 10.5 Å². The fourth-order valence-corrected chi connectivity index (χ4v) is 1.54. The first-order valence-corrected chi connectivity index (χ1v) is 5.15. The lowest BCUT2D eigenvalue weighted by Gasteiger charge is -2.24. The van der Waals surface area contributed by atoms with Crippen molar-refractivity contribution in [1.29, 1.82) is 0 Å². The Balaban J connectivity index is 2.94. The van der Waals surface area contributed by atoms with Crippen LogP contribution in [0.5, 0.6) is 0 Å². The monoisotopic (exact) mass is 252 g/mol. The van der Waals surface area contributed by atoms with Crippen LogP contribution in [0.2, 0.25) is 0 Å². The summed E-state index contributed by atoms with van der Waals surface area (Å²) in [5.74, 6) is 0. The molecule has 1 atom stereocenters. The fraction of sp³-hybridized carbons (Fsp3) is 0.273. The van der Waals surface area contributed by atoms with E-state index in [9.17, 15) is 19.7 Å². The highest BCUT2D eigenvalue weighted by atomic mass is 16.6. The van der Waals surface area contributed by atoms with Crippen molar-refractivity contribution in [1.82, 2.24) is 4.90 Å². The Morgan fingerprint density at radius 3 is 2.44 bits per heavy atom. The molecule has 0 saturated heterocycles. The molecule has 0 fully saturated rings. The van der Waals surface area contributed by atoms with Gasteiger partial charge in [-0.25, -0.2) is 4.79 Å². The van der Waals surface area contributed by atoms with Crippen LogP contribution < -0.4 is 0 Å². The Morgan fingerprint density at radius 2 is 2.06 bits per heavy atom. The maximum Gasteiger partial charge on any atom is 0.408 e. The Hall–Kier alpha value is -2.44. The molecule has 0 heterocycles. The third-order valence-corrected chi connectivity index (χ3v) is 2.57. The van der Waals surface area contributed by atoms with E-state index in [1.807, 2.05) is 0 Å². The highest BCUT2D eigenvalue weighted by Crippen LogP contribution is 2.22. The molecule has 0 aliphatic carbocycles. The minimum atomic E-state index is -1.21. The van der Waals surface area contributed by atoms with E-state index in [0.29, 0.717) is 11.8 Å². The number of hydrogen-bond acceptors (Lipinski definition) is 4. The van der Waals surface area contributed by atoms with Gasteiger partial charge in [0.15, 0.2) is 0 Å². The van der Waals surface area contributed by atoms with Crippen LogP contribution in [0.25, 0.3) is 0 Å². The fourth-order valence-electron chi connectivity index (χ4n) is 1.54. The van der Waals surface area contributed by atoms with Gasteiger partial charge in [-0.05, 0) is 12.5 Å². The number of nitrogens with zero attached hydrogens (tertiary/aromatic N) is 2. The molecule has 1 amide bonds. The van der Waals surface area contributed by atoms with E-state index < -0.39 is 17.1 Å². The lowest BCUT2D eigenvalue weighted by atomic mass is 10.1. The number of carboxylic acid groups (broad SMARTS) is 1. The van der Waals surface area contributed by atoms with Crippen LogP contribution in [0.3, 0.4) is 0 Å². The highest BCUT2D eigenvalue weighted by molar-refractivity contribution is 5.70. The summed E-state index contributed by atoms with van der Waals surface area (Å²) in [7, 11) is 0. The molecule has 0 spiro atoms. The number of carbonyl (C=O) groups excluding carboxylic acids is 1. The molecule has 7 nitrogen and oxygen atoms in total. The van der Waals surface area contributed by atoms with Gasteiger partial charge in [0, 0.05) is 12.1 Å². The molecule has 0 aromatic heterocycles. The minimum absolute atomic E-state index is 0.0665. The van der Waals surface area contributed by atoms with Gasteiger partial charge in [-0.3, -0.25) is 15.0 Å². The summed E-state index contributed by atoms with van der Waals surface area (Å²) in [6.07, 6.45) is -0.719. The molecular formula is C11H12N2O5. The van der Waals surface area contributed by atoms with Crippen molar-refractivity contribution in [2.75, 3.05) is 6.54 Å². The normalized spacial score (nSPS) is 11.6. The molecule has 1 aromatic rings. The summed E-state index contributed by atoms with van der Waals surface area (Å²) in [5, 5.41) is 19.4. The lowest BCUT2D eigenvalue weighted by Crippen LogP contribution is -2.33. The summed E-state index contributed by atoms with van der Waals surface area (Å²) in [6, 6.07) is 5.00. The van der Waals surface area contributed by atoms with Gasteiger partial charge in [0.25, 0.3) is 5.69 Å². The molecule has 96 valence electrons. The van der Waals surface area contributed by atoms with Crippen molar-refractivity contribution in [3.8, 4) is 0 Å². The molecule has 0 aliphatic heterocycles. The van der Waals surface area contributed by atoms with Gasteiger partial charge in [0.05, 0.1) is 17.5 Å². The molecule has 7 heteroatoms. The maximum absolute atomic E-state index is 10.9. The second-order valence-electron chi connectivity index (χ2n) is 3.63. The van der Waals surface area contributed by atoms with Gasteiger partial charge in [0.1, 0.15) is 6.29 Å². The van der Waals surface area contributed by atoms with E-state index in [-0.39, 0.29) is 12.2 Å². The van der Waals surface area contributed by atoms with Gasteiger partial charge in [0.2, 0.25) is 0 Å². The van der Waals surface area contributed by atoms with Gasteiger partial charge in [-0.2, -0.15) is 0 Å². The van der Waals surface area contributed by atoms with Gasteiger partial charge in [-0.15, -0.1) is 0 Å². The summed E-state index contributed by atoms with van der Waals surface area (Å²) in [5.41, 5.74) is 0.521. The van der Waals surface area contributed by atoms with Gasteiger partial charge in [-0.1, -0.05) is 12.1 Å². The third kappa shape index (κ3) is 3.03. The quantitative estimate of drug-likeness (QED) is 0.489. The van der Waals surface area contributed by atoms with E-state index in [1.165, 1.54) is 24.3 Å². The molecule has 0 radical (unpaired) electrons. The first kappa shape index (κ1) is 13.6. The minimum Gasteiger partial charge on any atom is -0.465 e. The molecule has 0 aliphatic rings. The average molecular weight is 252 g/mol. The molecule has 0 saturated carbocycles. The van der Waals surface area contributed by atoms with E-state index in [0.717, 1.165) is 4.90 Å². The van der Waals surface area contributed by atoms with Crippen LogP contribution in [-0.4, -0.2) is 33.9 Å². The zero-order valence-corrected chi connectivity index (χ0v) is 9.65. The van der Waals surface area contributed by atoms with Crippen molar-refractivity contribution in [3.63, 3.8) is 0 Å². The largest absolute Gasteiger partial charge is 0.465 e. The second-order valence-corrected chi connectivity index (χ2v) is 3.63. The average Bonchev–Trinajstić information content (AvgIpc) is 2.35. The van der Waals surface area contributed by atoms with Crippen LogP contribution in [0.15, 0.2) is 24.3 Å². The molecule has 1 unspecified atom stereocenters. The zero-order chi connectivity index (χ0) is 13.7. The molecular weight excluding hydrogens is 240 g/mol. The van der Waals surface area contributed by atoms with Crippen molar-refractivity contribution in [2.24, 2.45) is 0 Å². The Morgan fingerprint density at radius 1 is 1.50 bits per heavy atom. The predicted octanol–water partition coefficient (Wildman–Crippen LogP) is 1.83. The smallest absolute Gasteiger partial charge is 0.408 e. The predicted molar refractivity (Wildman–Crippen MR) is 62.3 cm³/mol. The number of benzene rings is 1. The standard InChI is InChI=1S/C11H12N2O5/c1-8(12(6-7-14)11(15)16)9-2-4-10(5-3-9)13(17)18/h2-5,7-8H,6H2,1H3,(H,15,16). The van der Waals surface area contributed by atoms with E-state index in [4.69, 9.17) is 5.11 Å². The highest BCUT2D eigenvalue weighted by Gasteiger charge is 2.20. The van der Waals surface area contributed by atoms with Crippen LogP contribution >= 0.6 is 0 Å². The number of amides is 1. The Labute approximate surface area is 103 Å². The maximum atomic E-state index is 10.9. The summed E-state index contributed by atoms with van der Waals surface area (Å²) in [4.78, 5) is 32.2. The summed E-state index contributed by atoms with van der Waals surface area (Å²) < 4.78 is 0. The van der Waals surface area contributed by atoms with Crippen molar-refractivity contribution >= 4 is 18.1 Å². The van der Waals surface area contributed by atoms with Gasteiger partial charge < -0.3 is 9.90 Å². The number of hydrogen-bond donors (Lipinski definition) is 1. The van der Waals surface area contributed by atoms with E-state index in [2.05, 4.69) is 0 Å². The van der Waals surface area contributed by atoms with Crippen molar-refractivity contribution in [3.05, 3.63) is 39.9 Å². The molecule has 0 bridgehead atoms. The Bertz CT molecular complexity index is 457. The van der Waals surface area contributed by atoms with Crippen LogP contribution in [-0.2, 0) is 4.79 Å².